The summed E-state index contributed by atoms with van der Waals surface area (Å²) >= 11 is 0. The Balaban J connectivity index is 2.96. The van der Waals surface area contributed by atoms with Gasteiger partial charge in [0.2, 0.25) is 0 Å². The summed E-state index contributed by atoms with van der Waals surface area (Å²) in [5, 5.41) is 19.2. The van der Waals surface area contributed by atoms with Crippen molar-refractivity contribution in [3.63, 3.8) is 0 Å². The minimum atomic E-state index is -1.07. The van der Waals surface area contributed by atoms with E-state index >= 15 is 0 Å². The Morgan fingerprint density at radius 1 is 1.25 bits per heavy atom. The van der Waals surface area contributed by atoms with Crippen LogP contribution >= 0.6 is 0 Å². The normalized spacial score (nSPS) is 25.5. The molecule has 5 atom stereocenters. The first-order valence-electron chi connectivity index (χ1n) is 8.51. The van der Waals surface area contributed by atoms with Crippen LogP contribution in [0.2, 0.25) is 0 Å². The van der Waals surface area contributed by atoms with Gasteiger partial charge in [0.15, 0.2) is 0 Å². The number of carboxylic acid groups (broad SMARTS) is 1. The van der Waals surface area contributed by atoms with Gasteiger partial charge in [-0.05, 0) is 61.4 Å². The first-order valence-corrected chi connectivity index (χ1v) is 8.51. The van der Waals surface area contributed by atoms with Crippen LogP contribution in [0.5, 0.6) is 0 Å². The number of amides is 1. The van der Waals surface area contributed by atoms with E-state index in [1.165, 1.54) is 6.92 Å². The third-order valence-corrected chi connectivity index (χ3v) is 4.66. The number of aliphatic hydroxyl groups excluding tert-OH is 1. The minimum Gasteiger partial charge on any atom is -0.480 e. The fraction of sp³-hybridized carbons (Fsp3) is 0.882. The second-order valence-electron chi connectivity index (χ2n) is 7.81. The van der Waals surface area contributed by atoms with E-state index in [4.69, 9.17) is 4.74 Å². The molecule has 1 heterocycles. The molecule has 0 aromatic carbocycles. The van der Waals surface area contributed by atoms with Crippen molar-refractivity contribution in [2.24, 2.45) is 0 Å². The summed E-state index contributed by atoms with van der Waals surface area (Å²) < 4.78 is 5.51. The van der Waals surface area contributed by atoms with Gasteiger partial charge < -0.3 is 19.8 Å². The molecule has 24 heavy (non-hydrogen) atoms. The topological polar surface area (TPSA) is 90.3 Å². The summed E-state index contributed by atoms with van der Waals surface area (Å²) in [5.74, 6) is -1.07. The lowest BCUT2D eigenvalue weighted by Crippen LogP contribution is -2.57. The molecule has 7 heteroatoms. The maximum Gasteiger partial charge on any atom is 0.410 e. The lowest BCUT2D eigenvalue weighted by Gasteiger charge is -2.40. The lowest BCUT2D eigenvalue weighted by molar-refractivity contribution is -0.148. The van der Waals surface area contributed by atoms with Crippen molar-refractivity contribution in [3.05, 3.63) is 0 Å². The van der Waals surface area contributed by atoms with Crippen molar-refractivity contribution in [2.45, 2.75) is 90.3 Å². The summed E-state index contributed by atoms with van der Waals surface area (Å²) in [6.07, 6.45) is 0.234. The van der Waals surface area contributed by atoms with Gasteiger partial charge >= 0.3 is 12.1 Å². The van der Waals surface area contributed by atoms with Crippen molar-refractivity contribution in [1.82, 2.24) is 9.80 Å². The predicted molar refractivity (Wildman–Crippen MR) is 90.9 cm³/mol. The maximum atomic E-state index is 12.6. The third-order valence-electron chi connectivity index (χ3n) is 4.66. The molecule has 0 aromatic rings. The molecule has 2 N–H and O–H groups in total. The fourth-order valence-corrected chi connectivity index (χ4v) is 3.37. The number of aliphatic carboxylic acids is 1. The number of hydrogen-bond donors (Lipinski definition) is 2. The summed E-state index contributed by atoms with van der Waals surface area (Å²) in [4.78, 5) is 27.4. The van der Waals surface area contributed by atoms with E-state index in [0.717, 1.165) is 12.8 Å². The van der Waals surface area contributed by atoms with E-state index in [1.807, 2.05) is 34.6 Å². The molecule has 5 unspecified atom stereocenters. The molecule has 0 aliphatic carbocycles. The number of likely N-dealkylation sites (tertiary alicyclic amines) is 1. The van der Waals surface area contributed by atoms with Crippen molar-refractivity contribution in [1.29, 1.82) is 0 Å². The second kappa shape index (κ2) is 7.70. The van der Waals surface area contributed by atoms with Gasteiger partial charge in [-0.2, -0.15) is 0 Å². The van der Waals surface area contributed by atoms with Crippen LogP contribution in [0.25, 0.3) is 0 Å². The van der Waals surface area contributed by atoms with Crippen LogP contribution in [0, 0.1) is 0 Å². The van der Waals surface area contributed by atoms with Crippen LogP contribution in [0.3, 0.4) is 0 Å². The van der Waals surface area contributed by atoms with Crippen LogP contribution < -0.4 is 0 Å². The first-order chi connectivity index (χ1) is 10.9. The second-order valence-corrected chi connectivity index (χ2v) is 7.81. The highest BCUT2D eigenvalue weighted by Crippen LogP contribution is 2.30. The maximum absolute atomic E-state index is 12.6. The van der Waals surface area contributed by atoms with Gasteiger partial charge in [-0.25, -0.2) is 4.79 Å². The van der Waals surface area contributed by atoms with Gasteiger partial charge in [0.05, 0.1) is 12.1 Å². The molecule has 0 aromatic heterocycles. The molecule has 1 saturated heterocycles. The highest BCUT2D eigenvalue weighted by molar-refractivity contribution is 5.74. The number of hydrogen-bond acceptors (Lipinski definition) is 5. The quantitative estimate of drug-likeness (QED) is 0.792. The number of carbonyl (C=O) groups excluding carboxylic acids is 1. The van der Waals surface area contributed by atoms with Gasteiger partial charge in [0.25, 0.3) is 0 Å². The Hall–Kier alpha value is -1.34. The fourth-order valence-electron chi connectivity index (χ4n) is 3.37. The largest absolute Gasteiger partial charge is 0.480 e. The van der Waals surface area contributed by atoms with E-state index in [2.05, 4.69) is 0 Å². The number of nitrogens with zero attached hydrogens (tertiary/aromatic N) is 2. The Labute approximate surface area is 144 Å². The molecule has 0 spiro atoms. The number of carbonyl (C=O) groups is 2. The van der Waals surface area contributed by atoms with Crippen LogP contribution in [0.1, 0.15) is 54.4 Å². The van der Waals surface area contributed by atoms with E-state index in [-0.39, 0.29) is 24.2 Å². The van der Waals surface area contributed by atoms with Crippen LogP contribution in [0.4, 0.5) is 4.79 Å². The zero-order chi connectivity index (χ0) is 18.8. The van der Waals surface area contributed by atoms with E-state index in [0.29, 0.717) is 0 Å². The van der Waals surface area contributed by atoms with E-state index < -0.39 is 23.7 Å². The number of carboxylic acids is 1. The lowest BCUT2D eigenvalue weighted by atomic mass is 10.0. The Bertz CT molecular complexity index is 460. The molecule has 7 nitrogen and oxygen atoms in total. The Kier molecular flexibility index (Phi) is 6.64. The average molecular weight is 344 g/mol. The van der Waals surface area contributed by atoms with Crippen molar-refractivity contribution in [2.75, 3.05) is 7.05 Å². The van der Waals surface area contributed by atoms with Crippen molar-refractivity contribution >= 4 is 12.1 Å². The van der Waals surface area contributed by atoms with Gasteiger partial charge in [-0.15, -0.1) is 0 Å². The molecule has 0 saturated carbocycles. The summed E-state index contributed by atoms with van der Waals surface area (Å²) in [5.41, 5.74) is -0.581. The smallest absolute Gasteiger partial charge is 0.410 e. The van der Waals surface area contributed by atoms with Crippen LogP contribution in [-0.2, 0) is 9.53 Å². The molecule has 0 radical (unpaired) electrons. The van der Waals surface area contributed by atoms with E-state index in [1.54, 1.807) is 16.8 Å². The van der Waals surface area contributed by atoms with Crippen molar-refractivity contribution in [3.8, 4) is 0 Å². The van der Waals surface area contributed by atoms with Crippen LogP contribution in [0.15, 0.2) is 0 Å². The van der Waals surface area contributed by atoms with Gasteiger partial charge in [0, 0.05) is 12.1 Å². The van der Waals surface area contributed by atoms with E-state index in [9.17, 15) is 19.8 Å². The zero-order valence-electron chi connectivity index (χ0n) is 15.8. The zero-order valence-corrected chi connectivity index (χ0v) is 15.8. The molecular formula is C17H32N2O5. The Morgan fingerprint density at radius 2 is 1.79 bits per heavy atom. The highest BCUT2D eigenvalue weighted by Gasteiger charge is 2.43. The molecule has 1 aliphatic heterocycles. The number of rotatable bonds is 5. The third kappa shape index (κ3) is 4.83. The molecule has 1 amide bonds. The number of aliphatic hydroxyl groups is 1. The number of likely N-dealkylation sites (N-methyl/N-ethyl adjacent to an activating group) is 1. The number of ether oxygens (including phenoxy) is 1. The SMILES string of the molecule is CC(O)C(C(=O)O)N(C)C(C)C1CCC(C)N1C(=O)OC(C)(C)C. The monoisotopic (exact) mass is 344 g/mol. The average Bonchev–Trinajstić information content (AvgIpc) is 2.76. The molecule has 140 valence electrons. The Morgan fingerprint density at radius 3 is 2.21 bits per heavy atom. The molecule has 0 bridgehead atoms. The molecule has 1 rings (SSSR count). The first kappa shape index (κ1) is 20.7. The van der Waals surface area contributed by atoms with Gasteiger partial charge in [-0.3, -0.25) is 9.69 Å². The molecular weight excluding hydrogens is 312 g/mol. The predicted octanol–water partition coefficient (Wildman–Crippen LogP) is 1.93. The van der Waals surface area contributed by atoms with Gasteiger partial charge in [-0.1, -0.05) is 0 Å². The summed E-state index contributed by atoms with van der Waals surface area (Å²) in [6, 6.07) is -1.36. The van der Waals surface area contributed by atoms with Crippen LogP contribution in [-0.4, -0.2) is 75.0 Å². The molecule has 1 fully saturated rings. The van der Waals surface area contributed by atoms with Gasteiger partial charge in [0.1, 0.15) is 11.6 Å². The molecule has 1 aliphatic rings. The standard InChI is InChI=1S/C17H32N2O5/c1-10-8-9-13(19(10)16(23)24-17(4,5)6)11(2)18(7)14(12(3)20)15(21)22/h10-14,20H,8-9H2,1-7H3,(H,21,22). The summed E-state index contributed by atoms with van der Waals surface area (Å²) in [6.45, 7) is 10.8. The van der Waals surface area contributed by atoms with Crippen molar-refractivity contribution < 1.29 is 24.5 Å². The minimum absolute atomic E-state index is 0.0375. The summed E-state index contributed by atoms with van der Waals surface area (Å²) in [7, 11) is 1.67. The highest BCUT2D eigenvalue weighted by atomic mass is 16.6.